The van der Waals surface area contributed by atoms with E-state index in [-0.39, 0.29) is 6.10 Å². The van der Waals surface area contributed by atoms with Crippen molar-refractivity contribution in [3.63, 3.8) is 0 Å². The summed E-state index contributed by atoms with van der Waals surface area (Å²) in [5.74, 6) is 0.684. The Hall–Kier alpha value is -0.0800. The van der Waals surface area contributed by atoms with E-state index in [1.54, 1.807) is 0 Å². The van der Waals surface area contributed by atoms with Gasteiger partial charge in [0, 0.05) is 12.6 Å². The van der Waals surface area contributed by atoms with Crippen LogP contribution in [0.3, 0.4) is 0 Å². The first kappa shape index (κ1) is 12.9. The topological polar surface area (TPSA) is 32.3 Å². The molecule has 2 N–H and O–H groups in total. The second kappa shape index (κ2) is 7.34. The molecule has 2 heteroatoms. The van der Waals surface area contributed by atoms with Crippen LogP contribution in [0.4, 0.5) is 0 Å². The summed E-state index contributed by atoms with van der Waals surface area (Å²) >= 11 is 0. The molecule has 0 amide bonds. The second-order valence-corrected chi connectivity index (χ2v) is 4.13. The fourth-order valence-electron chi connectivity index (χ4n) is 1.46. The highest BCUT2D eigenvalue weighted by atomic mass is 16.3. The van der Waals surface area contributed by atoms with Crippen molar-refractivity contribution >= 4 is 0 Å². The van der Waals surface area contributed by atoms with Crippen LogP contribution >= 0.6 is 0 Å². The summed E-state index contributed by atoms with van der Waals surface area (Å²) in [6, 6.07) is 0.469. The fourth-order valence-corrected chi connectivity index (χ4v) is 1.46. The van der Waals surface area contributed by atoms with E-state index in [0.29, 0.717) is 12.0 Å². The zero-order valence-electron chi connectivity index (χ0n) is 9.51. The van der Waals surface area contributed by atoms with Gasteiger partial charge in [0.1, 0.15) is 0 Å². The highest BCUT2D eigenvalue weighted by Crippen LogP contribution is 2.14. The average Bonchev–Trinajstić information content (AvgIpc) is 2.10. The van der Waals surface area contributed by atoms with E-state index in [4.69, 9.17) is 0 Å². The molecule has 0 saturated heterocycles. The van der Waals surface area contributed by atoms with Gasteiger partial charge in [0.25, 0.3) is 0 Å². The van der Waals surface area contributed by atoms with Crippen LogP contribution in [-0.2, 0) is 0 Å². The summed E-state index contributed by atoms with van der Waals surface area (Å²) in [5, 5.41) is 12.9. The molecule has 0 aliphatic rings. The quantitative estimate of drug-likeness (QED) is 0.640. The maximum Gasteiger partial charge on any atom is 0.0667 e. The molecule has 0 rings (SSSR count). The van der Waals surface area contributed by atoms with Gasteiger partial charge in [0.2, 0.25) is 0 Å². The third-order valence-electron chi connectivity index (χ3n) is 2.52. The Morgan fingerprint density at radius 1 is 1.15 bits per heavy atom. The van der Waals surface area contributed by atoms with Crippen LogP contribution in [-0.4, -0.2) is 23.8 Å². The molecule has 2 nitrogen and oxygen atoms in total. The molecule has 13 heavy (non-hydrogen) atoms. The molecule has 1 unspecified atom stereocenters. The minimum atomic E-state index is -0.174. The molecule has 0 heterocycles. The molecule has 0 aliphatic carbocycles. The zero-order chi connectivity index (χ0) is 10.3. The minimum absolute atomic E-state index is 0.174. The Balaban J connectivity index is 3.53. The monoisotopic (exact) mass is 187 g/mol. The number of hydrogen-bond donors (Lipinski definition) is 2. The van der Waals surface area contributed by atoms with Crippen LogP contribution in [0.5, 0.6) is 0 Å². The second-order valence-electron chi connectivity index (χ2n) is 4.13. The van der Waals surface area contributed by atoms with Gasteiger partial charge in [-0.25, -0.2) is 0 Å². The first-order valence-electron chi connectivity index (χ1n) is 5.51. The van der Waals surface area contributed by atoms with E-state index in [2.05, 4.69) is 33.0 Å². The average molecular weight is 187 g/mol. The van der Waals surface area contributed by atoms with Crippen LogP contribution < -0.4 is 5.32 Å². The molecule has 0 bridgehead atoms. The van der Waals surface area contributed by atoms with E-state index < -0.39 is 0 Å². The van der Waals surface area contributed by atoms with Crippen molar-refractivity contribution in [2.75, 3.05) is 6.54 Å². The molecular weight excluding hydrogens is 162 g/mol. The molecule has 80 valence electrons. The summed E-state index contributed by atoms with van der Waals surface area (Å²) in [5.41, 5.74) is 0. The Bertz CT molecular complexity index is 111. The molecule has 1 atom stereocenters. The maximum atomic E-state index is 9.67. The fraction of sp³-hybridized carbons (Fsp3) is 1.00. The Kier molecular flexibility index (Phi) is 7.29. The minimum Gasteiger partial charge on any atom is -0.392 e. The van der Waals surface area contributed by atoms with E-state index >= 15 is 0 Å². The highest BCUT2D eigenvalue weighted by molar-refractivity contribution is 4.66. The van der Waals surface area contributed by atoms with E-state index in [1.165, 1.54) is 12.8 Å². The van der Waals surface area contributed by atoms with Crippen molar-refractivity contribution < 1.29 is 5.11 Å². The maximum absolute atomic E-state index is 9.67. The number of hydrogen-bond acceptors (Lipinski definition) is 2. The summed E-state index contributed by atoms with van der Waals surface area (Å²) in [7, 11) is 0. The van der Waals surface area contributed by atoms with Crippen LogP contribution in [0.2, 0.25) is 0 Å². The van der Waals surface area contributed by atoms with Crippen LogP contribution in [0.15, 0.2) is 0 Å². The van der Waals surface area contributed by atoms with Crippen molar-refractivity contribution in [1.82, 2.24) is 5.32 Å². The molecule has 0 fully saturated rings. The number of nitrogens with one attached hydrogen (secondary N) is 1. The number of aliphatic hydroxyl groups is 1. The van der Waals surface area contributed by atoms with Crippen molar-refractivity contribution in [2.45, 2.75) is 59.1 Å². The van der Waals surface area contributed by atoms with E-state index in [1.807, 2.05) is 0 Å². The van der Waals surface area contributed by atoms with Gasteiger partial charge >= 0.3 is 0 Å². The van der Waals surface area contributed by atoms with Gasteiger partial charge in [-0.05, 0) is 12.3 Å². The lowest BCUT2D eigenvalue weighted by molar-refractivity contribution is 0.135. The molecule has 0 spiro atoms. The Labute approximate surface area is 82.7 Å². The Morgan fingerprint density at radius 3 is 2.08 bits per heavy atom. The molecule has 0 aromatic heterocycles. The number of rotatable bonds is 7. The van der Waals surface area contributed by atoms with Gasteiger partial charge < -0.3 is 10.4 Å². The van der Waals surface area contributed by atoms with Crippen molar-refractivity contribution in [3.8, 4) is 0 Å². The summed E-state index contributed by atoms with van der Waals surface area (Å²) in [6.45, 7) is 9.31. The third kappa shape index (κ3) is 7.03. The molecular formula is C11H25NO. The van der Waals surface area contributed by atoms with Crippen LogP contribution in [0.25, 0.3) is 0 Å². The largest absolute Gasteiger partial charge is 0.392 e. The van der Waals surface area contributed by atoms with E-state index in [0.717, 1.165) is 13.0 Å². The van der Waals surface area contributed by atoms with E-state index in [9.17, 15) is 5.11 Å². The van der Waals surface area contributed by atoms with Crippen LogP contribution in [0.1, 0.15) is 47.0 Å². The first-order valence-corrected chi connectivity index (χ1v) is 5.51. The van der Waals surface area contributed by atoms with Crippen molar-refractivity contribution in [2.24, 2.45) is 5.92 Å². The van der Waals surface area contributed by atoms with Crippen molar-refractivity contribution in [3.05, 3.63) is 0 Å². The zero-order valence-corrected chi connectivity index (χ0v) is 9.51. The normalized spacial score (nSPS) is 14.1. The van der Waals surface area contributed by atoms with Gasteiger partial charge in [-0.3, -0.25) is 0 Å². The van der Waals surface area contributed by atoms with Gasteiger partial charge in [-0.2, -0.15) is 0 Å². The lowest BCUT2D eigenvalue weighted by Gasteiger charge is -2.18. The summed E-state index contributed by atoms with van der Waals surface area (Å²) < 4.78 is 0. The summed E-state index contributed by atoms with van der Waals surface area (Å²) in [4.78, 5) is 0. The predicted octanol–water partition coefficient (Wildman–Crippen LogP) is 2.17. The lowest BCUT2D eigenvalue weighted by Crippen LogP contribution is -2.32. The van der Waals surface area contributed by atoms with Gasteiger partial charge in [-0.1, -0.05) is 40.5 Å². The molecule has 0 aromatic rings. The number of aliphatic hydroxyl groups excluding tert-OH is 1. The third-order valence-corrected chi connectivity index (χ3v) is 2.52. The molecule has 0 radical (unpaired) electrons. The smallest absolute Gasteiger partial charge is 0.0667 e. The molecule has 0 aliphatic heterocycles. The lowest BCUT2D eigenvalue weighted by atomic mass is 9.96. The summed E-state index contributed by atoms with van der Waals surface area (Å²) in [6.07, 6.45) is 3.12. The molecule has 0 saturated carbocycles. The first-order chi connectivity index (χ1) is 6.10. The van der Waals surface area contributed by atoms with Gasteiger partial charge in [0.05, 0.1) is 6.10 Å². The van der Waals surface area contributed by atoms with Crippen molar-refractivity contribution in [1.29, 1.82) is 0 Å². The SMILES string of the molecule is CCC(CC)CC(O)CNC(C)C. The standard InChI is InChI=1S/C11H25NO/c1-5-10(6-2)7-11(13)8-12-9(3)4/h9-13H,5-8H2,1-4H3. The van der Waals surface area contributed by atoms with Gasteiger partial charge in [0.15, 0.2) is 0 Å². The molecule has 0 aromatic carbocycles. The predicted molar refractivity (Wildman–Crippen MR) is 57.8 cm³/mol. The van der Waals surface area contributed by atoms with Gasteiger partial charge in [-0.15, -0.1) is 0 Å². The Morgan fingerprint density at radius 2 is 1.69 bits per heavy atom. The highest BCUT2D eigenvalue weighted by Gasteiger charge is 2.11. The van der Waals surface area contributed by atoms with Crippen LogP contribution in [0, 0.1) is 5.92 Å².